The molecule has 0 N–H and O–H groups in total. The van der Waals surface area contributed by atoms with Crippen molar-refractivity contribution in [3.8, 4) is 0 Å². The molecule has 3 rings (SSSR count). The van der Waals surface area contributed by atoms with Gasteiger partial charge in [0.1, 0.15) is 6.10 Å². The average Bonchev–Trinajstić information content (AvgIpc) is 2.82. The Labute approximate surface area is 126 Å². The molecule has 1 aliphatic carbocycles. The Hall–Kier alpha value is -1.36. The highest BCUT2D eigenvalue weighted by atomic mass is 79.9. The maximum atomic E-state index is 12.4. The molecule has 1 saturated heterocycles. The molecular weight excluding hydrogens is 322 g/mol. The van der Waals surface area contributed by atoms with Crippen LogP contribution in [0.15, 0.2) is 30.3 Å². The average molecular weight is 338 g/mol. The van der Waals surface area contributed by atoms with Gasteiger partial charge in [-0.25, -0.2) is 0 Å². The smallest absolute Gasteiger partial charge is 0.302 e. The van der Waals surface area contributed by atoms with Crippen LogP contribution in [0.5, 0.6) is 0 Å². The third kappa shape index (κ3) is 2.24. The standard InChI is InChI=1S/C15H16BrNO3/c1-9(18)20-12-7-11-13(16)14(12)17(15(11)19)8-10-5-3-2-4-6-10/h2-6,11-14H,7-8H2,1H3/t11-,12-,13?,14+/m1/s1. The van der Waals surface area contributed by atoms with Crippen molar-refractivity contribution in [2.45, 2.75) is 36.9 Å². The highest BCUT2D eigenvalue weighted by Gasteiger charge is 2.58. The van der Waals surface area contributed by atoms with E-state index in [0.29, 0.717) is 13.0 Å². The van der Waals surface area contributed by atoms with Gasteiger partial charge in [-0.2, -0.15) is 0 Å². The van der Waals surface area contributed by atoms with Gasteiger partial charge in [-0.3, -0.25) is 9.59 Å². The molecule has 1 saturated carbocycles. The number of benzene rings is 1. The normalized spacial score (nSPS) is 31.7. The van der Waals surface area contributed by atoms with Crippen molar-refractivity contribution in [3.63, 3.8) is 0 Å². The zero-order valence-corrected chi connectivity index (χ0v) is 12.7. The molecule has 1 unspecified atom stereocenters. The number of nitrogens with zero attached hydrogens (tertiary/aromatic N) is 1. The Bertz CT molecular complexity index is 533. The van der Waals surface area contributed by atoms with Crippen LogP contribution >= 0.6 is 15.9 Å². The molecule has 0 aromatic heterocycles. The molecule has 0 radical (unpaired) electrons. The topological polar surface area (TPSA) is 46.6 Å². The lowest BCUT2D eigenvalue weighted by molar-refractivity contribution is -0.155. The van der Waals surface area contributed by atoms with Crippen molar-refractivity contribution in [1.29, 1.82) is 0 Å². The highest BCUT2D eigenvalue weighted by molar-refractivity contribution is 9.09. The molecule has 1 aromatic carbocycles. The summed E-state index contributed by atoms with van der Waals surface area (Å²) in [5, 5.41) is 0. The second-order valence-corrected chi connectivity index (χ2v) is 6.43. The molecule has 2 bridgehead atoms. The molecule has 106 valence electrons. The first-order valence-electron chi connectivity index (χ1n) is 6.73. The summed E-state index contributed by atoms with van der Waals surface area (Å²) in [4.78, 5) is 25.5. The summed E-state index contributed by atoms with van der Waals surface area (Å²) in [6, 6.07) is 9.83. The van der Waals surface area contributed by atoms with Gasteiger partial charge in [0, 0.05) is 13.5 Å². The zero-order valence-electron chi connectivity index (χ0n) is 11.2. The van der Waals surface area contributed by atoms with Crippen molar-refractivity contribution in [2.75, 3.05) is 0 Å². The molecule has 5 heteroatoms. The zero-order chi connectivity index (χ0) is 14.3. The van der Waals surface area contributed by atoms with E-state index >= 15 is 0 Å². The third-order valence-electron chi connectivity index (χ3n) is 4.05. The number of piperidine rings is 1. The van der Waals surface area contributed by atoms with E-state index in [1.165, 1.54) is 6.92 Å². The lowest BCUT2D eigenvalue weighted by Gasteiger charge is -2.32. The summed E-state index contributed by atoms with van der Waals surface area (Å²) < 4.78 is 5.37. The van der Waals surface area contributed by atoms with E-state index in [1.807, 2.05) is 35.2 Å². The van der Waals surface area contributed by atoms with Crippen molar-refractivity contribution in [3.05, 3.63) is 35.9 Å². The van der Waals surface area contributed by atoms with Gasteiger partial charge in [-0.15, -0.1) is 0 Å². The summed E-state index contributed by atoms with van der Waals surface area (Å²) in [6.07, 6.45) is 0.438. The summed E-state index contributed by atoms with van der Waals surface area (Å²) in [7, 11) is 0. The van der Waals surface area contributed by atoms with E-state index in [1.54, 1.807) is 0 Å². The van der Waals surface area contributed by atoms with E-state index in [4.69, 9.17) is 4.74 Å². The van der Waals surface area contributed by atoms with Gasteiger partial charge in [0.15, 0.2) is 0 Å². The Balaban J connectivity index is 1.80. The van der Waals surface area contributed by atoms with E-state index in [9.17, 15) is 9.59 Å². The number of likely N-dealkylation sites (tertiary alicyclic amines) is 1. The van der Waals surface area contributed by atoms with E-state index in [2.05, 4.69) is 15.9 Å². The summed E-state index contributed by atoms with van der Waals surface area (Å²) in [5.41, 5.74) is 1.09. The van der Waals surface area contributed by atoms with Gasteiger partial charge in [-0.1, -0.05) is 46.3 Å². The predicted octanol–water partition coefficient (Wildman–Crippen LogP) is 2.11. The van der Waals surface area contributed by atoms with Gasteiger partial charge < -0.3 is 9.64 Å². The van der Waals surface area contributed by atoms with Gasteiger partial charge in [0.2, 0.25) is 5.91 Å². The summed E-state index contributed by atoms with van der Waals surface area (Å²) in [5.74, 6) is -0.202. The number of hydrogen-bond donors (Lipinski definition) is 0. The van der Waals surface area contributed by atoms with Crippen molar-refractivity contribution < 1.29 is 14.3 Å². The van der Waals surface area contributed by atoms with E-state index in [-0.39, 0.29) is 34.8 Å². The number of ether oxygens (including phenoxy) is 1. The number of carbonyl (C=O) groups excluding carboxylic acids is 2. The fourth-order valence-electron chi connectivity index (χ4n) is 3.23. The van der Waals surface area contributed by atoms with Crippen molar-refractivity contribution in [2.24, 2.45) is 5.92 Å². The number of hydrogen-bond acceptors (Lipinski definition) is 3. The van der Waals surface area contributed by atoms with Crippen molar-refractivity contribution in [1.82, 2.24) is 4.90 Å². The minimum atomic E-state index is -0.283. The van der Waals surface area contributed by atoms with Crippen LogP contribution in [0.4, 0.5) is 0 Å². The van der Waals surface area contributed by atoms with Crippen LogP contribution < -0.4 is 0 Å². The van der Waals surface area contributed by atoms with Gasteiger partial charge >= 0.3 is 5.97 Å². The Morgan fingerprint density at radius 3 is 2.70 bits per heavy atom. The van der Waals surface area contributed by atoms with E-state index in [0.717, 1.165) is 5.56 Å². The maximum absolute atomic E-state index is 12.4. The largest absolute Gasteiger partial charge is 0.460 e. The molecular formula is C15H16BrNO3. The molecule has 1 aliphatic heterocycles. The molecule has 1 amide bonds. The number of amides is 1. The highest BCUT2D eigenvalue weighted by Crippen LogP contribution is 2.45. The number of alkyl halides is 1. The maximum Gasteiger partial charge on any atom is 0.302 e. The van der Waals surface area contributed by atoms with Crippen LogP contribution in [0, 0.1) is 5.92 Å². The first kappa shape index (κ1) is 13.6. The summed E-state index contributed by atoms with van der Waals surface area (Å²) >= 11 is 3.60. The second-order valence-electron chi connectivity index (χ2n) is 5.38. The molecule has 1 aromatic rings. The third-order valence-corrected chi connectivity index (χ3v) is 5.23. The Morgan fingerprint density at radius 1 is 1.40 bits per heavy atom. The lowest BCUT2D eigenvalue weighted by atomic mass is 10.1. The predicted molar refractivity (Wildman–Crippen MR) is 77.2 cm³/mol. The first-order chi connectivity index (χ1) is 9.58. The Kier molecular flexibility index (Phi) is 3.54. The molecule has 1 heterocycles. The molecule has 2 fully saturated rings. The van der Waals surface area contributed by atoms with Gasteiger partial charge in [-0.05, 0) is 12.0 Å². The van der Waals surface area contributed by atoms with Crippen LogP contribution in [0.25, 0.3) is 0 Å². The second kappa shape index (κ2) is 5.20. The molecule has 2 aliphatic rings. The number of fused-ring (bicyclic) bond motifs is 2. The minimum absolute atomic E-state index is 0.0587. The number of halogens is 1. The van der Waals surface area contributed by atoms with Crippen LogP contribution in [0.1, 0.15) is 18.9 Å². The van der Waals surface area contributed by atoms with Gasteiger partial charge in [0.25, 0.3) is 0 Å². The molecule has 4 nitrogen and oxygen atoms in total. The monoisotopic (exact) mass is 337 g/mol. The van der Waals surface area contributed by atoms with Crippen LogP contribution in [0.3, 0.4) is 0 Å². The van der Waals surface area contributed by atoms with Crippen LogP contribution in [0.2, 0.25) is 0 Å². The number of carbonyl (C=O) groups is 2. The number of rotatable bonds is 3. The lowest BCUT2D eigenvalue weighted by Crippen LogP contribution is -2.46. The SMILES string of the molecule is CC(=O)O[C@@H]1C[C@H]2C(=O)N(Cc3ccccc3)[C@@H]1C2Br. The van der Waals surface area contributed by atoms with Crippen molar-refractivity contribution >= 4 is 27.8 Å². The Morgan fingerprint density at radius 2 is 2.10 bits per heavy atom. The van der Waals surface area contributed by atoms with Gasteiger partial charge in [0.05, 0.1) is 16.8 Å². The van der Waals surface area contributed by atoms with Crippen LogP contribution in [-0.4, -0.2) is 33.7 Å². The quantitative estimate of drug-likeness (QED) is 0.626. The molecule has 0 spiro atoms. The molecule has 20 heavy (non-hydrogen) atoms. The van der Waals surface area contributed by atoms with E-state index < -0.39 is 0 Å². The fourth-order valence-corrected chi connectivity index (χ4v) is 4.29. The fraction of sp³-hybridized carbons (Fsp3) is 0.467. The summed E-state index contributed by atoms with van der Waals surface area (Å²) in [6.45, 7) is 1.99. The first-order valence-corrected chi connectivity index (χ1v) is 7.65. The number of esters is 1. The molecule has 4 atom stereocenters. The minimum Gasteiger partial charge on any atom is -0.460 e. The van der Waals surface area contributed by atoms with Crippen LogP contribution in [-0.2, 0) is 20.9 Å².